The van der Waals surface area contributed by atoms with Crippen molar-refractivity contribution in [2.45, 2.75) is 24.8 Å². The van der Waals surface area contributed by atoms with Crippen LogP contribution in [0.15, 0.2) is 96.2 Å². The third-order valence-corrected chi connectivity index (χ3v) is 8.17. The molecule has 1 N–H and O–H groups in total. The van der Waals surface area contributed by atoms with E-state index in [4.69, 9.17) is 14.5 Å². The smallest absolute Gasteiger partial charge is 0.296 e. The van der Waals surface area contributed by atoms with Crippen molar-refractivity contribution in [2.24, 2.45) is 0 Å². The summed E-state index contributed by atoms with van der Waals surface area (Å²) in [5, 5.41) is 12.5. The van der Waals surface area contributed by atoms with E-state index in [-0.39, 0.29) is 12.5 Å². The molecule has 0 atom stereocenters. The van der Waals surface area contributed by atoms with E-state index in [0.29, 0.717) is 32.9 Å². The van der Waals surface area contributed by atoms with Crippen LogP contribution >= 0.6 is 23.3 Å². The maximum absolute atomic E-state index is 13.7. The third kappa shape index (κ3) is 5.97. The van der Waals surface area contributed by atoms with Gasteiger partial charge in [0, 0.05) is 28.2 Å². The molecule has 6 rings (SSSR count). The SMILES string of the molecule is CCc1ccc(COc2nnc(NC(=O)c3cc4ccn(Sc5ccccc5)c4nc3-c3ccccc3OC)s2)nc1. The molecule has 0 saturated carbocycles. The first kappa shape index (κ1) is 27.4. The van der Waals surface area contributed by atoms with Gasteiger partial charge in [0.15, 0.2) is 5.65 Å². The molecular formula is C31H26N6O3S2. The monoisotopic (exact) mass is 594 g/mol. The summed E-state index contributed by atoms with van der Waals surface area (Å²) in [6.45, 7) is 2.34. The second-order valence-electron chi connectivity index (χ2n) is 9.17. The van der Waals surface area contributed by atoms with Crippen LogP contribution in [-0.4, -0.2) is 37.2 Å². The lowest BCUT2D eigenvalue weighted by Crippen LogP contribution is -2.14. The summed E-state index contributed by atoms with van der Waals surface area (Å²) in [5.74, 6) is 0.243. The number of amides is 1. The fourth-order valence-electron chi connectivity index (χ4n) is 4.29. The van der Waals surface area contributed by atoms with Crippen LogP contribution in [0.1, 0.15) is 28.5 Å². The highest BCUT2D eigenvalue weighted by Crippen LogP contribution is 2.35. The van der Waals surface area contributed by atoms with Crippen LogP contribution in [0.5, 0.6) is 10.9 Å². The summed E-state index contributed by atoms with van der Waals surface area (Å²) in [6, 6.07) is 25.3. The quantitative estimate of drug-likeness (QED) is 0.183. The summed E-state index contributed by atoms with van der Waals surface area (Å²) in [6.07, 6.45) is 4.71. The van der Waals surface area contributed by atoms with Crippen molar-refractivity contribution in [3.05, 3.63) is 108 Å². The Bertz CT molecular complexity index is 1840. The van der Waals surface area contributed by atoms with Gasteiger partial charge in [-0.05, 0) is 77.7 Å². The fraction of sp³-hybridized carbons (Fsp3) is 0.129. The maximum atomic E-state index is 13.7. The van der Waals surface area contributed by atoms with E-state index in [1.807, 2.05) is 95.2 Å². The molecule has 11 heteroatoms. The largest absolute Gasteiger partial charge is 0.496 e. The lowest BCUT2D eigenvalue weighted by atomic mass is 10.0. The minimum atomic E-state index is -0.367. The van der Waals surface area contributed by atoms with E-state index in [9.17, 15) is 4.79 Å². The number of pyridine rings is 2. The normalized spacial score (nSPS) is 11.0. The Morgan fingerprint density at radius 1 is 1.02 bits per heavy atom. The molecule has 0 aliphatic heterocycles. The molecule has 4 aromatic heterocycles. The molecule has 6 aromatic rings. The first-order valence-electron chi connectivity index (χ1n) is 13.2. The predicted molar refractivity (Wildman–Crippen MR) is 165 cm³/mol. The van der Waals surface area contributed by atoms with Gasteiger partial charge in [0.2, 0.25) is 5.13 Å². The summed E-state index contributed by atoms with van der Waals surface area (Å²) >= 11 is 2.69. The van der Waals surface area contributed by atoms with E-state index in [1.165, 1.54) is 0 Å². The summed E-state index contributed by atoms with van der Waals surface area (Å²) < 4.78 is 13.4. The molecule has 0 bridgehead atoms. The zero-order valence-electron chi connectivity index (χ0n) is 22.9. The molecule has 42 heavy (non-hydrogen) atoms. The van der Waals surface area contributed by atoms with Gasteiger partial charge in [-0.25, -0.2) is 4.98 Å². The van der Waals surface area contributed by atoms with Gasteiger partial charge in [0.1, 0.15) is 12.4 Å². The number of carbonyl (C=O) groups excluding carboxylic acids is 1. The van der Waals surface area contributed by atoms with Gasteiger partial charge < -0.3 is 9.47 Å². The second-order valence-corrected chi connectivity index (χ2v) is 11.2. The number of para-hydroxylation sites is 1. The number of anilines is 1. The average Bonchev–Trinajstić information content (AvgIpc) is 3.66. The molecule has 0 unspecified atom stereocenters. The number of ether oxygens (including phenoxy) is 2. The Hall–Kier alpha value is -4.74. The van der Waals surface area contributed by atoms with Crippen molar-refractivity contribution < 1.29 is 14.3 Å². The van der Waals surface area contributed by atoms with E-state index < -0.39 is 0 Å². The van der Waals surface area contributed by atoms with Crippen LogP contribution in [-0.2, 0) is 13.0 Å². The number of nitrogens with one attached hydrogen (secondary N) is 1. The molecule has 0 fully saturated rings. The van der Waals surface area contributed by atoms with Gasteiger partial charge in [-0.1, -0.05) is 48.4 Å². The second kappa shape index (κ2) is 12.4. The topological polar surface area (TPSA) is 104 Å². The minimum Gasteiger partial charge on any atom is -0.496 e. The van der Waals surface area contributed by atoms with Crippen LogP contribution in [0.4, 0.5) is 5.13 Å². The average molecular weight is 595 g/mol. The highest BCUT2D eigenvalue weighted by molar-refractivity contribution is 7.98. The Labute approximate surface area is 250 Å². The van der Waals surface area contributed by atoms with Crippen LogP contribution < -0.4 is 14.8 Å². The van der Waals surface area contributed by atoms with Crippen LogP contribution in [0.2, 0.25) is 0 Å². The van der Waals surface area contributed by atoms with Crippen molar-refractivity contribution >= 4 is 45.4 Å². The summed E-state index contributed by atoms with van der Waals surface area (Å²) in [7, 11) is 1.60. The number of rotatable bonds is 10. The third-order valence-electron chi connectivity index (χ3n) is 6.45. The van der Waals surface area contributed by atoms with Crippen molar-refractivity contribution in [1.29, 1.82) is 0 Å². The summed E-state index contributed by atoms with van der Waals surface area (Å²) in [5.41, 5.74) is 4.25. The number of aryl methyl sites for hydroxylation is 1. The number of benzene rings is 2. The molecular weight excluding hydrogens is 569 g/mol. The van der Waals surface area contributed by atoms with Gasteiger partial charge in [-0.15, -0.1) is 5.10 Å². The van der Waals surface area contributed by atoms with E-state index in [0.717, 1.165) is 44.9 Å². The number of aromatic nitrogens is 5. The molecule has 0 saturated heterocycles. The molecule has 0 aliphatic carbocycles. The maximum Gasteiger partial charge on any atom is 0.296 e. The Kier molecular flexibility index (Phi) is 8.11. The minimum absolute atomic E-state index is 0.253. The molecule has 0 spiro atoms. The van der Waals surface area contributed by atoms with Crippen LogP contribution in [0, 0.1) is 0 Å². The van der Waals surface area contributed by atoms with Crippen LogP contribution in [0.3, 0.4) is 0 Å². The lowest BCUT2D eigenvalue weighted by molar-refractivity contribution is 0.102. The molecule has 9 nitrogen and oxygen atoms in total. The number of methoxy groups -OCH3 is 1. The Morgan fingerprint density at radius 2 is 1.86 bits per heavy atom. The molecule has 1 amide bonds. The van der Waals surface area contributed by atoms with Crippen molar-refractivity contribution in [1.82, 2.24) is 24.1 Å². The van der Waals surface area contributed by atoms with Gasteiger partial charge in [0.05, 0.1) is 24.1 Å². The zero-order chi connectivity index (χ0) is 28.9. The number of hydrogen-bond acceptors (Lipinski definition) is 9. The number of carbonyl (C=O) groups is 1. The van der Waals surface area contributed by atoms with Gasteiger partial charge >= 0.3 is 0 Å². The molecule has 4 heterocycles. The van der Waals surface area contributed by atoms with Gasteiger partial charge in [-0.2, -0.15) is 0 Å². The molecule has 210 valence electrons. The lowest BCUT2D eigenvalue weighted by Gasteiger charge is -2.13. The predicted octanol–water partition coefficient (Wildman–Crippen LogP) is 6.91. The summed E-state index contributed by atoms with van der Waals surface area (Å²) in [4.78, 5) is 24.1. The first-order chi connectivity index (χ1) is 20.6. The number of hydrogen-bond donors (Lipinski definition) is 1. The first-order valence-corrected chi connectivity index (χ1v) is 14.8. The molecule has 0 radical (unpaired) electrons. The number of nitrogens with zero attached hydrogens (tertiary/aromatic N) is 5. The van der Waals surface area contributed by atoms with Crippen molar-refractivity contribution in [3.8, 4) is 22.2 Å². The fourth-order valence-corrected chi connectivity index (χ4v) is 5.74. The van der Waals surface area contributed by atoms with Gasteiger partial charge in [0.25, 0.3) is 11.1 Å². The Morgan fingerprint density at radius 3 is 2.64 bits per heavy atom. The van der Waals surface area contributed by atoms with E-state index in [2.05, 4.69) is 27.4 Å². The number of fused-ring (bicyclic) bond motifs is 1. The van der Waals surface area contributed by atoms with Crippen LogP contribution in [0.25, 0.3) is 22.3 Å². The van der Waals surface area contributed by atoms with E-state index in [1.54, 1.807) is 19.1 Å². The highest BCUT2D eigenvalue weighted by Gasteiger charge is 2.22. The molecule has 0 aliphatic rings. The highest BCUT2D eigenvalue weighted by atomic mass is 32.2. The van der Waals surface area contributed by atoms with Crippen molar-refractivity contribution in [2.75, 3.05) is 12.4 Å². The molecule has 2 aromatic carbocycles. The zero-order valence-corrected chi connectivity index (χ0v) is 24.5. The standard InChI is InChI=1S/C31H26N6O3S2/c1-3-20-13-14-22(32-18-20)19-40-31-36-35-30(41-31)34-29(38)25-17-21-15-16-37(42-23-9-5-4-6-10-23)28(21)33-27(25)24-11-7-8-12-26(24)39-2/h4-18H,3,19H2,1-2H3,(H,34,35,38). The van der Waals surface area contributed by atoms with E-state index >= 15 is 0 Å². The van der Waals surface area contributed by atoms with Gasteiger partial charge in [-0.3, -0.25) is 19.1 Å². The Balaban J connectivity index is 1.28. The van der Waals surface area contributed by atoms with Crippen molar-refractivity contribution in [3.63, 3.8) is 0 Å².